The maximum absolute atomic E-state index is 6.40. The standard InChI is InChI=1S/C16H27N3/c1-4-15(17)16(14-5-8-18-9-6-14)19-10-7-12(2)13(3)11-19/h5-6,8-9,12-13,15-16H,4,7,10-11,17H2,1-3H3. The molecular formula is C16H27N3. The van der Waals surface area contributed by atoms with Gasteiger partial charge in [0.15, 0.2) is 0 Å². The van der Waals surface area contributed by atoms with E-state index in [-0.39, 0.29) is 6.04 Å². The van der Waals surface area contributed by atoms with E-state index < -0.39 is 0 Å². The Labute approximate surface area is 117 Å². The molecule has 0 aromatic carbocycles. The zero-order valence-corrected chi connectivity index (χ0v) is 12.4. The number of nitrogens with zero attached hydrogens (tertiary/aromatic N) is 2. The van der Waals surface area contributed by atoms with Crippen LogP contribution in [0.3, 0.4) is 0 Å². The third-order valence-electron chi connectivity index (χ3n) is 4.68. The van der Waals surface area contributed by atoms with Crippen molar-refractivity contribution in [2.24, 2.45) is 17.6 Å². The van der Waals surface area contributed by atoms with Crippen molar-refractivity contribution in [3.05, 3.63) is 30.1 Å². The Hall–Kier alpha value is -0.930. The van der Waals surface area contributed by atoms with Crippen molar-refractivity contribution in [1.29, 1.82) is 0 Å². The van der Waals surface area contributed by atoms with Gasteiger partial charge in [0, 0.05) is 31.0 Å². The Morgan fingerprint density at radius 3 is 2.58 bits per heavy atom. The highest BCUT2D eigenvalue weighted by atomic mass is 15.2. The van der Waals surface area contributed by atoms with Gasteiger partial charge in [0.2, 0.25) is 0 Å². The highest BCUT2D eigenvalue weighted by Gasteiger charge is 2.31. The van der Waals surface area contributed by atoms with E-state index >= 15 is 0 Å². The zero-order valence-electron chi connectivity index (χ0n) is 12.4. The van der Waals surface area contributed by atoms with Crippen molar-refractivity contribution < 1.29 is 0 Å². The Morgan fingerprint density at radius 2 is 2.00 bits per heavy atom. The summed E-state index contributed by atoms with van der Waals surface area (Å²) < 4.78 is 0. The molecule has 0 spiro atoms. The lowest BCUT2D eigenvalue weighted by atomic mass is 9.86. The summed E-state index contributed by atoms with van der Waals surface area (Å²) in [5, 5.41) is 0. The molecule has 0 amide bonds. The molecule has 0 saturated carbocycles. The van der Waals surface area contributed by atoms with Gasteiger partial charge < -0.3 is 5.73 Å². The molecule has 1 fully saturated rings. The van der Waals surface area contributed by atoms with Gasteiger partial charge in [0.05, 0.1) is 0 Å². The first-order valence-electron chi connectivity index (χ1n) is 7.53. The monoisotopic (exact) mass is 261 g/mol. The van der Waals surface area contributed by atoms with Gasteiger partial charge in [-0.1, -0.05) is 20.8 Å². The molecule has 2 N–H and O–H groups in total. The second kappa shape index (κ2) is 6.49. The van der Waals surface area contributed by atoms with Gasteiger partial charge in [-0.15, -0.1) is 0 Å². The largest absolute Gasteiger partial charge is 0.326 e. The van der Waals surface area contributed by atoms with E-state index in [1.165, 1.54) is 12.0 Å². The highest BCUT2D eigenvalue weighted by Crippen LogP contribution is 2.31. The minimum absolute atomic E-state index is 0.197. The number of hydrogen-bond acceptors (Lipinski definition) is 3. The molecule has 1 aromatic rings. The molecular weight excluding hydrogens is 234 g/mol. The SMILES string of the molecule is CCC(N)C(c1ccncc1)N1CCC(C)C(C)C1. The fraction of sp³-hybridized carbons (Fsp3) is 0.688. The van der Waals surface area contributed by atoms with E-state index in [0.717, 1.165) is 31.3 Å². The molecule has 4 atom stereocenters. The van der Waals surface area contributed by atoms with Gasteiger partial charge in [-0.3, -0.25) is 9.88 Å². The van der Waals surface area contributed by atoms with Crippen LogP contribution in [0.5, 0.6) is 0 Å². The molecule has 0 aliphatic carbocycles. The summed E-state index contributed by atoms with van der Waals surface area (Å²) >= 11 is 0. The van der Waals surface area contributed by atoms with E-state index in [1.54, 1.807) is 0 Å². The van der Waals surface area contributed by atoms with Crippen LogP contribution in [-0.4, -0.2) is 29.0 Å². The summed E-state index contributed by atoms with van der Waals surface area (Å²) in [5.41, 5.74) is 7.71. The topological polar surface area (TPSA) is 42.1 Å². The molecule has 1 aliphatic rings. The van der Waals surface area contributed by atoms with Crippen LogP contribution < -0.4 is 5.73 Å². The van der Waals surface area contributed by atoms with Crippen molar-refractivity contribution >= 4 is 0 Å². The number of hydrogen-bond donors (Lipinski definition) is 1. The molecule has 19 heavy (non-hydrogen) atoms. The second-order valence-corrected chi connectivity index (χ2v) is 6.04. The Bertz CT molecular complexity index is 379. The first kappa shape index (κ1) is 14.5. The molecule has 1 aromatic heterocycles. The minimum atomic E-state index is 0.197. The number of pyridine rings is 1. The number of piperidine rings is 1. The third-order valence-corrected chi connectivity index (χ3v) is 4.68. The van der Waals surface area contributed by atoms with Gasteiger partial charge in [0.1, 0.15) is 0 Å². The normalized spacial score (nSPS) is 28.0. The first-order chi connectivity index (χ1) is 9.13. The van der Waals surface area contributed by atoms with E-state index in [4.69, 9.17) is 5.73 Å². The number of aromatic nitrogens is 1. The number of rotatable bonds is 4. The van der Waals surface area contributed by atoms with Crippen LogP contribution in [-0.2, 0) is 0 Å². The Balaban J connectivity index is 2.19. The first-order valence-corrected chi connectivity index (χ1v) is 7.53. The van der Waals surface area contributed by atoms with Gasteiger partial charge in [0.25, 0.3) is 0 Å². The average molecular weight is 261 g/mol. The molecule has 2 rings (SSSR count). The molecule has 1 aliphatic heterocycles. The van der Waals surface area contributed by atoms with Gasteiger partial charge in [-0.25, -0.2) is 0 Å². The van der Waals surface area contributed by atoms with Crippen LogP contribution >= 0.6 is 0 Å². The average Bonchev–Trinajstić information content (AvgIpc) is 2.44. The lowest BCUT2D eigenvalue weighted by molar-refractivity contribution is 0.0816. The van der Waals surface area contributed by atoms with Crippen LogP contribution in [0.1, 0.15) is 45.2 Å². The van der Waals surface area contributed by atoms with Crippen molar-refractivity contribution in [1.82, 2.24) is 9.88 Å². The van der Waals surface area contributed by atoms with Gasteiger partial charge >= 0.3 is 0 Å². The Kier molecular flexibility index (Phi) is 4.94. The van der Waals surface area contributed by atoms with Crippen LogP contribution in [0.2, 0.25) is 0 Å². The Morgan fingerprint density at radius 1 is 1.32 bits per heavy atom. The lowest BCUT2D eigenvalue weighted by Gasteiger charge is -2.42. The molecule has 0 bridgehead atoms. The van der Waals surface area contributed by atoms with Gasteiger partial charge in [-0.05, 0) is 48.9 Å². The fourth-order valence-corrected chi connectivity index (χ4v) is 3.06. The highest BCUT2D eigenvalue weighted by molar-refractivity contribution is 5.17. The summed E-state index contributed by atoms with van der Waals surface area (Å²) in [6.07, 6.45) is 6.04. The molecule has 2 heterocycles. The third kappa shape index (κ3) is 3.34. The minimum Gasteiger partial charge on any atom is -0.326 e. The summed E-state index contributed by atoms with van der Waals surface area (Å²) in [4.78, 5) is 6.70. The number of likely N-dealkylation sites (tertiary alicyclic amines) is 1. The van der Waals surface area contributed by atoms with Crippen molar-refractivity contribution in [2.75, 3.05) is 13.1 Å². The summed E-state index contributed by atoms with van der Waals surface area (Å²) in [5.74, 6) is 1.58. The van der Waals surface area contributed by atoms with Crippen LogP contribution in [0.25, 0.3) is 0 Å². The fourth-order valence-electron chi connectivity index (χ4n) is 3.06. The van der Waals surface area contributed by atoms with Crippen molar-refractivity contribution in [3.63, 3.8) is 0 Å². The molecule has 3 heteroatoms. The molecule has 4 unspecified atom stereocenters. The lowest BCUT2D eigenvalue weighted by Crippen LogP contribution is -2.47. The summed E-state index contributed by atoms with van der Waals surface area (Å²) in [6.45, 7) is 9.21. The van der Waals surface area contributed by atoms with Crippen LogP contribution in [0.15, 0.2) is 24.5 Å². The quantitative estimate of drug-likeness (QED) is 0.906. The van der Waals surface area contributed by atoms with Crippen molar-refractivity contribution in [3.8, 4) is 0 Å². The second-order valence-electron chi connectivity index (χ2n) is 6.04. The van der Waals surface area contributed by atoms with E-state index in [2.05, 4.69) is 42.8 Å². The molecule has 0 radical (unpaired) electrons. The van der Waals surface area contributed by atoms with Crippen LogP contribution in [0.4, 0.5) is 0 Å². The van der Waals surface area contributed by atoms with Crippen LogP contribution in [0, 0.1) is 11.8 Å². The number of nitrogens with two attached hydrogens (primary N) is 1. The molecule has 1 saturated heterocycles. The van der Waals surface area contributed by atoms with E-state index in [1.807, 2.05) is 12.4 Å². The smallest absolute Gasteiger partial charge is 0.0500 e. The maximum atomic E-state index is 6.40. The van der Waals surface area contributed by atoms with Crippen molar-refractivity contribution in [2.45, 2.75) is 45.7 Å². The molecule has 106 valence electrons. The molecule has 3 nitrogen and oxygen atoms in total. The summed E-state index contributed by atoms with van der Waals surface area (Å²) in [6, 6.07) is 4.76. The maximum Gasteiger partial charge on any atom is 0.0500 e. The predicted molar refractivity (Wildman–Crippen MR) is 79.8 cm³/mol. The predicted octanol–water partition coefficient (Wildman–Crippen LogP) is 2.84. The summed E-state index contributed by atoms with van der Waals surface area (Å²) in [7, 11) is 0. The van der Waals surface area contributed by atoms with Gasteiger partial charge in [-0.2, -0.15) is 0 Å². The van der Waals surface area contributed by atoms with E-state index in [9.17, 15) is 0 Å². The zero-order chi connectivity index (χ0) is 13.8. The van der Waals surface area contributed by atoms with E-state index in [0.29, 0.717) is 6.04 Å².